The molecule has 182 valence electrons. The lowest BCUT2D eigenvalue weighted by atomic mass is 9.98. The van der Waals surface area contributed by atoms with E-state index >= 15 is 8.78 Å². The number of nitrogens with zero attached hydrogens (tertiary/aromatic N) is 4. The molecule has 3 atom stereocenters. The summed E-state index contributed by atoms with van der Waals surface area (Å²) in [5.74, 6) is 1.74. The number of fused-ring (bicyclic) bond motifs is 1. The molecule has 2 fully saturated rings. The number of nitrogens with one attached hydrogen (secondary N) is 1. The second kappa shape index (κ2) is 9.09. The van der Waals surface area contributed by atoms with Gasteiger partial charge in [0.05, 0.1) is 12.7 Å². The number of aromatic nitrogens is 3. The molecule has 5 rings (SSSR count). The predicted molar refractivity (Wildman–Crippen MR) is 126 cm³/mol. The molecule has 0 radical (unpaired) electrons. The van der Waals surface area contributed by atoms with Crippen LogP contribution in [0.1, 0.15) is 37.6 Å². The van der Waals surface area contributed by atoms with Gasteiger partial charge in [-0.05, 0) is 57.2 Å². The second-order valence-electron chi connectivity index (χ2n) is 9.70. The maximum atomic E-state index is 15.3. The Hall–Kier alpha value is -2.81. The third-order valence-corrected chi connectivity index (χ3v) is 7.05. The Morgan fingerprint density at radius 2 is 2.00 bits per heavy atom. The van der Waals surface area contributed by atoms with Crippen LogP contribution >= 0.6 is 0 Å². The third-order valence-electron chi connectivity index (χ3n) is 7.05. The molecule has 1 aromatic carbocycles. The molecule has 1 aliphatic carbocycles. The highest BCUT2D eigenvalue weighted by atomic mass is 19.1. The SMILES string of the molecule is COc1cc(F)c2nc(N3CCC(NCC4CC4)C(F)[C@H](C)C3)c(-c3nc(C)no3)c(C)c2c1. The van der Waals surface area contributed by atoms with Gasteiger partial charge in [-0.3, -0.25) is 0 Å². The summed E-state index contributed by atoms with van der Waals surface area (Å²) in [5.41, 5.74) is 1.65. The van der Waals surface area contributed by atoms with Crippen LogP contribution in [-0.4, -0.2) is 54.1 Å². The molecule has 0 bridgehead atoms. The molecule has 7 nitrogen and oxygen atoms in total. The summed E-state index contributed by atoms with van der Waals surface area (Å²) in [6.07, 6.45) is 2.11. The van der Waals surface area contributed by atoms with Gasteiger partial charge >= 0.3 is 0 Å². The number of alkyl halides is 1. The first-order valence-corrected chi connectivity index (χ1v) is 12.0. The molecule has 2 unspecified atom stereocenters. The highest BCUT2D eigenvalue weighted by molar-refractivity contribution is 5.93. The van der Waals surface area contributed by atoms with E-state index in [-0.39, 0.29) is 17.5 Å². The number of hydrogen-bond donors (Lipinski definition) is 1. The second-order valence-corrected chi connectivity index (χ2v) is 9.70. The van der Waals surface area contributed by atoms with E-state index in [1.807, 2.05) is 18.7 Å². The molecule has 9 heteroatoms. The van der Waals surface area contributed by atoms with E-state index in [0.717, 1.165) is 12.1 Å². The van der Waals surface area contributed by atoms with E-state index in [1.165, 1.54) is 26.0 Å². The van der Waals surface area contributed by atoms with Crippen molar-refractivity contribution in [3.63, 3.8) is 0 Å². The van der Waals surface area contributed by atoms with Crippen molar-refractivity contribution in [3.05, 3.63) is 29.3 Å². The number of aryl methyl sites for hydroxylation is 2. The van der Waals surface area contributed by atoms with Gasteiger partial charge in [0.1, 0.15) is 23.3 Å². The fourth-order valence-corrected chi connectivity index (χ4v) is 4.88. The van der Waals surface area contributed by atoms with Gasteiger partial charge < -0.3 is 19.5 Å². The Kier molecular flexibility index (Phi) is 6.14. The van der Waals surface area contributed by atoms with Crippen molar-refractivity contribution in [3.8, 4) is 17.2 Å². The van der Waals surface area contributed by atoms with Crippen molar-refractivity contribution >= 4 is 16.7 Å². The molecule has 2 aliphatic rings. The van der Waals surface area contributed by atoms with Crippen molar-refractivity contribution in [2.24, 2.45) is 11.8 Å². The van der Waals surface area contributed by atoms with Crippen molar-refractivity contribution < 1.29 is 18.0 Å². The van der Waals surface area contributed by atoms with E-state index in [0.29, 0.717) is 59.7 Å². The zero-order valence-corrected chi connectivity index (χ0v) is 20.1. The van der Waals surface area contributed by atoms with E-state index in [1.54, 1.807) is 13.0 Å². The van der Waals surface area contributed by atoms with Gasteiger partial charge in [0.2, 0.25) is 0 Å². The average molecular weight is 472 g/mol. The molecule has 1 saturated carbocycles. The maximum Gasteiger partial charge on any atom is 0.261 e. The van der Waals surface area contributed by atoms with Crippen molar-refractivity contribution in [2.75, 3.05) is 31.6 Å². The lowest BCUT2D eigenvalue weighted by Gasteiger charge is -2.27. The van der Waals surface area contributed by atoms with E-state index < -0.39 is 12.0 Å². The zero-order valence-electron chi connectivity index (χ0n) is 20.1. The highest BCUT2D eigenvalue weighted by Gasteiger charge is 2.35. The average Bonchev–Trinajstić information content (AvgIpc) is 3.57. The summed E-state index contributed by atoms with van der Waals surface area (Å²) in [6.45, 7) is 7.47. The summed E-state index contributed by atoms with van der Waals surface area (Å²) in [4.78, 5) is 11.2. The van der Waals surface area contributed by atoms with E-state index in [9.17, 15) is 0 Å². The van der Waals surface area contributed by atoms with Crippen molar-refractivity contribution in [1.29, 1.82) is 0 Å². The Morgan fingerprint density at radius 3 is 2.68 bits per heavy atom. The number of benzene rings is 1. The van der Waals surface area contributed by atoms with Gasteiger partial charge in [-0.25, -0.2) is 13.8 Å². The Morgan fingerprint density at radius 1 is 1.21 bits per heavy atom. The normalized spacial score (nSPS) is 23.4. The lowest BCUT2D eigenvalue weighted by molar-refractivity contribution is 0.189. The lowest BCUT2D eigenvalue weighted by Crippen LogP contribution is -2.41. The monoisotopic (exact) mass is 471 g/mol. The first-order chi connectivity index (χ1) is 16.4. The van der Waals surface area contributed by atoms with Crippen LogP contribution in [0.3, 0.4) is 0 Å². The van der Waals surface area contributed by atoms with Crippen LogP contribution in [0.25, 0.3) is 22.4 Å². The van der Waals surface area contributed by atoms with Crippen LogP contribution in [0.4, 0.5) is 14.6 Å². The molecular weight excluding hydrogens is 440 g/mol. The first kappa shape index (κ1) is 23.0. The molecule has 0 amide bonds. The number of pyridine rings is 1. The number of hydrogen-bond acceptors (Lipinski definition) is 7. The van der Waals surface area contributed by atoms with E-state index in [4.69, 9.17) is 14.2 Å². The zero-order chi connectivity index (χ0) is 24.0. The topological polar surface area (TPSA) is 76.3 Å². The van der Waals surface area contributed by atoms with Crippen LogP contribution in [0, 0.1) is 31.5 Å². The quantitative estimate of drug-likeness (QED) is 0.563. The standard InChI is InChI=1S/C25H31F2N5O2/c1-13-12-32(8-7-20(22(13)27)28-11-16-5-6-16)24-21(25-29-15(3)31-34-25)14(2)18-9-17(33-4)10-19(26)23(18)30-24/h9-10,13,16,20,22,28H,5-8,11-12H2,1-4H3/t13-,20?,22?/m1/s1. The largest absolute Gasteiger partial charge is 0.497 e. The molecule has 1 N–H and O–H groups in total. The third kappa shape index (κ3) is 4.33. The fourth-order valence-electron chi connectivity index (χ4n) is 4.88. The van der Waals surface area contributed by atoms with Crippen LogP contribution in [0.2, 0.25) is 0 Å². The Labute approximate surface area is 197 Å². The predicted octanol–water partition coefficient (Wildman–Crippen LogP) is 4.60. The maximum absolute atomic E-state index is 15.3. The van der Waals surface area contributed by atoms with Gasteiger partial charge in [-0.15, -0.1) is 0 Å². The molecule has 34 heavy (non-hydrogen) atoms. The minimum Gasteiger partial charge on any atom is -0.497 e. The molecule has 0 spiro atoms. The number of rotatable bonds is 6. The van der Waals surface area contributed by atoms with E-state index in [2.05, 4.69) is 15.5 Å². The van der Waals surface area contributed by atoms with Gasteiger partial charge in [0, 0.05) is 36.5 Å². The van der Waals surface area contributed by atoms with Gasteiger partial charge in [-0.2, -0.15) is 4.98 Å². The van der Waals surface area contributed by atoms with Gasteiger partial charge in [0.25, 0.3) is 5.89 Å². The fraction of sp³-hybridized carbons (Fsp3) is 0.560. The highest BCUT2D eigenvalue weighted by Crippen LogP contribution is 2.39. The number of halogens is 2. The number of methoxy groups -OCH3 is 1. The summed E-state index contributed by atoms with van der Waals surface area (Å²) in [7, 11) is 1.50. The molecule has 2 aromatic heterocycles. The number of ether oxygens (including phenoxy) is 1. The van der Waals surface area contributed by atoms with Crippen LogP contribution in [0.15, 0.2) is 16.7 Å². The number of anilines is 1. The van der Waals surface area contributed by atoms with Crippen molar-refractivity contribution in [1.82, 2.24) is 20.4 Å². The first-order valence-electron chi connectivity index (χ1n) is 12.0. The molecule has 1 aliphatic heterocycles. The molecular formula is C25H31F2N5O2. The summed E-state index contributed by atoms with van der Waals surface area (Å²) < 4.78 is 41.2. The minimum absolute atomic E-state index is 0.211. The van der Waals surface area contributed by atoms with Gasteiger partial charge in [-0.1, -0.05) is 12.1 Å². The van der Waals surface area contributed by atoms with Crippen LogP contribution in [0.5, 0.6) is 5.75 Å². The summed E-state index contributed by atoms with van der Waals surface area (Å²) in [6, 6.07) is 2.88. The summed E-state index contributed by atoms with van der Waals surface area (Å²) >= 11 is 0. The smallest absolute Gasteiger partial charge is 0.261 e. The minimum atomic E-state index is -0.972. The Balaban J connectivity index is 1.59. The van der Waals surface area contributed by atoms with Crippen LogP contribution in [-0.2, 0) is 0 Å². The molecule has 3 aromatic rings. The summed E-state index contributed by atoms with van der Waals surface area (Å²) in [5, 5.41) is 8.02. The van der Waals surface area contributed by atoms with Crippen molar-refractivity contribution in [2.45, 2.75) is 52.2 Å². The Bertz CT molecular complexity index is 1200. The molecule has 3 heterocycles. The van der Waals surface area contributed by atoms with Crippen LogP contribution < -0.4 is 15.0 Å². The van der Waals surface area contributed by atoms with Gasteiger partial charge in [0.15, 0.2) is 11.6 Å². The molecule has 1 saturated heterocycles.